The molecule has 24 heavy (non-hydrogen) atoms. The molecule has 3 saturated heterocycles. The smallest absolute Gasteiger partial charge is 0.336 e. The summed E-state index contributed by atoms with van der Waals surface area (Å²) < 4.78 is 0. The van der Waals surface area contributed by atoms with E-state index >= 15 is 0 Å². The predicted molar refractivity (Wildman–Crippen MR) is 92.4 cm³/mol. The Labute approximate surface area is 141 Å². The number of aromatic carboxylic acids is 1. The van der Waals surface area contributed by atoms with E-state index in [1.165, 1.54) is 25.9 Å². The van der Waals surface area contributed by atoms with E-state index in [0.717, 1.165) is 47.6 Å². The summed E-state index contributed by atoms with van der Waals surface area (Å²) in [4.78, 5) is 14.1. The Morgan fingerprint density at radius 3 is 2.88 bits per heavy atom. The minimum Gasteiger partial charge on any atom is -0.478 e. The summed E-state index contributed by atoms with van der Waals surface area (Å²) in [5.41, 5.74) is 2.92. The van der Waals surface area contributed by atoms with E-state index in [4.69, 9.17) is 0 Å². The number of rotatable bonds is 5. The van der Waals surface area contributed by atoms with E-state index < -0.39 is 5.97 Å². The number of carbonyl (C=O) groups is 1. The van der Waals surface area contributed by atoms with Crippen LogP contribution in [0.2, 0.25) is 0 Å². The highest BCUT2D eigenvalue weighted by Gasteiger charge is 2.33. The lowest BCUT2D eigenvalue weighted by atomic mass is 9.84. The van der Waals surface area contributed by atoms with Gasteiger partial charge in [0.2, 0.25) is 0 Å². The highest BCUT2D eigenvalue weighted by Crippen LogP contribution is 2.28. The van der Waals surface area contributed by atoms with E-state index in [1.807, 2.05) is 13.0 Å². The molecule has 2 aromatic rings. The molecule has 0 unspecified atom stereocenters. The predicted octanol–water partition coefficient (Wildman–Crippen LogP) is 1.80. The number of aromatic nitrogens is 2. The number of carboxylic acid groups (broad SMARTS) is 1. The van der Waals surface area contributed by atoms with Crippen LogP contribution in [0, 0.1) is 12.8 Å². The van der Waals surface area contributed by atoms with E-state index in [1.54, 1.807) is 6.07 Å². The van der Waals surface area contributed by atoms with Crippen LogP contribution in [0.5, 0.6) is 0 Å². The molecule has 0 saturated carbocycles. The molecule has 5 rings (SSSR count). The number of benzene rings is 1. The van der Waals surface area contributed by atoms with Gasteiger partial charge < -0.3 is 15.3 Å². The Kier molecular flexibility index (Phi) is 4.02. The topological polar surface area (TPSA) is 81.2 Å². The van der Waals surface area contributed by atoms with Crippen molar-refractivity contribution >= 4 is 16.9 Å². The molecule has 6 heteroatoms. The summed E-state index contributed by atoms with van der Waals surface area (Å²) in [7, 11) is 0. The number of hydrogen-bond acceptors (Lipinski definition) is 4. The molecule has 0 amide bonds. The summed E-state index contributed by atoms with van der Waals surface area (Å²) in [5.74, 6) is -0.0950. The van der Waals surface area contributed by atoms with Crippen LogP contribution in [0.3, 0.4) is 0 Å². The summed E-state index contributed by atoms with van der Waals surface area (Å²) in [6.07, 6.45) is 3.36. The van der Waals surface area contributed by atoms with Crippen molar-refractivity contribution < 1.29 is 9.90 Å². The molecule has 1 atom stereocenters. The van der Waals surface area contributed by atoms with Crippen LogP contribution in [0.15, 0.2) is 12.1 Å². The Morgan fingerprint density at radius 1 is 1.42 bits per heavy atom. The van der Waals surface area contributed by atoms with Gasteiger partial charge in [0.05, 0.1) is 11.1 Å². The molecule has 2 bridgehead atoms. The van der Waals surface area contributed by atoms with Gasteiger partial charge in [0.15, 0.2) is 0 Å². The van der Waals surface area contributed by atoms with Gasteiger partial charge in [-0.3, -0.25) is 5.10 Å². The van der Waals surface area contributed by atoms with E-state index in [2.05, 4.69) is 20.4 Å². The number of fused-ring (bicyclic) bond motifs is 4. The van der Waals surface area contributed by atoms with Crippen molar-refractivity contribution in [3.05, 3.63) is 29.0 Å². The first-order valence-corrected chi connectivity index (χ1v) is 8.78. The molecule has 1 aromatic heterocycles. The molecule has 4 heterocycles. The quantitative estimate of drug-likeness (QED) is 0.780. The van der Waals surface area contributed by atoms with Gasteiger partial charge in [0.25, 0.3) is 0 Å². The zero-order valence-electron chi connectivity index (χ0n) is 14.0. The highest BCUT2D eigenvalue weighted by atomic mass is 16.4. The number of piperidine rings is 3. The number of carboxylic acids is 1. The summed E-state index contributed by atoms with van der Waals surface area (Å²) in [5, 5.41) is 21.3. The maximum Gasteiger partial charge on any atom is 0.336 e. The van der Waals surface area contributed by atoms with Gasteiger partial charge in [-0.05, 0) is 56.5 Å². The average Bonchev–Trinajstić information content (AvgIpc) is 2.98. The molecule has 3 fully saturated rings. The van der Waals surface area contributed by atoms with Crippen LogP contribution in [-0.4, -0.2) is 58.4 Å². The maximum absolute atomic E-state index is 11.6. The second-order valence-corrected chi connectivity index (χ2v) is 7.16. The number of aromatic amines is 1. The molecule has 0 aliphatic carbocycles. The summed E-state index contributed by atoms with van der Waals surface area (Å²) in [6, 6.07) is 4.23. The van der Waals surface area contributed by atoms with E-state index in [-0.39, 0.29) is 0 Å². The zero-order valence-corrected chi connectivity index (χ0v) is 14.0. The highest BCUT2D eigenvalue weighted by molar-refractivity contribution is 6.04. The molecule has 0 spiro atoms. The zero-order chi connectivity index (χ0) is 16.7. The van der Waals surface area contributed by atoms with Crippen molar-refractivity contribution in [2.24, 2.45) is 5.92 Å². The van der Waals surface area contributed by atoms with Gasteiger partial charge in [0.1, 0.15) is 0 Å². The molecule has 3 aliphatic heterocycles. The maximum atomic E-state index is 11.6. The average molecular weight is 328 g/mol. The van der Waals surface area contributed by atoms with Crippen LogP contribution in [0.1, 0.15) is 34.5 Å². The molecule has 0 radical (unpaired) electrons. The molecule has 1 aromatic carbocycles. The van der Waals surface area contributed by atoms with Gasteiger partial charge >= 0.3 is 5.97 Å². The number of aryl methyl sites for hydroxylation is 1. The molecule has 6 nitrogen and oxygen atoms in total. The Morgan fingerprint density at radius 2 is 2.21 bits per heavy atom. The fourth-order valence-electron chi connectivity index (χ4n) is 4.28. The number of hydrogen-bond donors (Lipinski definition) is 3. The fraction of sp³-hybridized carbons (Fsp3) is 0.556. The minimum absolute atomic E-state index is 0.344. The van der Waals surface area contributed by atoms with Crippen molar-refractivity contribution in [3.8, 4) is 0 Å². The van der Waals surface area contributed by atoms with Crippen LogP contribution in [-0.2, 0) is 6.42 Å². The first kappa shape index (κ1) is 15.6. The first-order chi connectivity index (χ1) is 11.6. The van der Waals surface area contributed by atoms with Gasteiger partial charge in [-0.1, -0.05) is 0 Å². The Bertz CT molecular complexity index is 762. The molecular weight excluding hydrogens is 304 g/mol. The number of nitrogens with one attached hydrogen (secondary N) is 2. The van der Waals surface area contributed by atoms with E-state index in [9.17, 15) is 9.90 Å². The SMILES string of the molecule is Cc1cc(C(=O)O)c2c(CCN[C@@H]3CN4CCC3CC4)[nH]nc2c1. The second kappa shape index (κ2) is 6.18. The standard InChI is InChI=1S/C18H24N4O2/c1-11-8-13(18(23)24)17-14(20-21-15(17)9-11)2-5-19-16-10-22-6-3-12(16)4-7-22/h8-9,12,16,19H,2-7,10H2,1H3,(H,20,21)(H,23,24)/t16-/m1/s1. The van der Waals surface area contributed by atoms with Crippen molar-refractivity contribution in [2.45, 2.75) is 32.2 Å². The van der Waals surface area contributed by atoms with Crippen LogP contribution >= 0.6 is 0 Å². The summed E-state index contributed by atoms with van der Waals surface area (Å²) in [6.45, 7) is 6.38. The fourth-order valence-corrected chi connectivity index (χ4v) is 4.28. The van der Waals surface area contributed by atoms with Crippen LogP contribution in [0.25, 0.3) is 10.9 Å². The molecule has 128 valence electrons. The third kappa shape index (κ3) is 2.80. The lowest BCUT2D eigenvalue weighted by Crippen LogP contribution is -2.56. The Balaban J connectivity index is 1.48. The van der Waals surface area contributed by atoms with Crippen molar-refractivity contribution in [1.29, 1.82) is 0 Å². The van der Waals surface area contributed by atoms with E-state index in [0.29, 0.717) is 11.6 Å². The normalized spacial score (nSPS) is 26.1. The van der Waals surface area contributed by atoms with Crippen LogP contribution in [0.4, 0.5) is 0 Å². The molecule has 3 N–H and O–H groups in total. The second-order valence-electron chi connectivity index (χ2n) is 7.16. The molecule has 3 aliphatic rings. The van der Waals surface area contributed by atoms with Gasteiger partial charge in [-0.25, -0.2) is 4.79 Å². The van der Waals surface area contributed by atoms with Crippen LogP contribution < -0.4 is 5.32 Å². The van der Waals surface area contributed by atoms with Crippen molar-refractivity contribution in [2.75, 3.05) is 26.2 Å². The first-order valence-electron chi connectivity index (χ1n) is 8.78. The lowest BCUT2D eigenvalue weighted by Gasteiger charge is -2.45. The van der Waals surface area contributed by atoms with Gasteiger partial charge in [0, 0.05) is 36.6 Å². The number of H-pyrrole nitrogens is 1. The molecular formula is C18H24N4O2. The van der Waals surface area contributed by atoms with Crippen molar-refractivity contribution in [1.82, 2.24) is 20.4 Å². The third-order valence-electron chi connectivity index (χ3n) is 5.54. The third-order valence-corrected chi connectivity index (χ3v) is 5.54. The lowest BCUT2D eigenvalue weighted by molar-refractivity contribution is 0.0698. The minimum atomic E-state index is -0.892. The largest absolute Gasteiger partial charge is 0.478 e. The Hall–Kier alpha value is -1.92. The van der Waals surface area contributed by atoms with Crippen molar-refractivity contribution in [3.63, 3.8) is 0 Å². The monoisotopic (exact) mass is 328 g/mol. The van der Waals surface area contributed by atoms with Gasteiger partial charge in [-0.15, -0.1) is 0 Å². The number of nitrogens with zero attached hydrogens (tertiary/aromatic N) is 2. The van der Waals surface area contributed by atoms with Gasteiger partial charge in [-0.2, -0.15) is 5.10 Å². The summed E-state index contributed by atoms with van der Waals surface area (Å²) >= 11 is 0.